The van der Waals surface area contributed by atoms with Crippen LogP contribution >= 0.6 is 0 Å². The van der Waals surface area contributed by atoms with E-state index in [1.165, 1.54) is 0 Å². The van der Waals surface area contributed by atoms with Crippen molar-refractivity contribution >= 4 is 5.97 Å². The highest BCUT2D eigenvalue weighted by atomic mass is 17.0. The second-order valence-electron chi connectivity index (χ2n) is 3.34. The van der Waals surface area contributed by atoms with Gasteiger partial charge in [0.15, 0.2) is 0 Å². The Hall–Kier alpha value is -1.33. The maximum Gasteiger partial charge on any atom is 0.306 e. The number of carbonyl (C=O) groups excluding carboxylic acids is 1. The van der Waals surface area contributed by atoms with Gasteiger partial charge in [0.25, 0.3) is 5.09 Å². The van der Waals surface area contributed by atoms with Crippen molar-refractivity contribution in [2.24, 2.45) is 5.92 Å². The molecule has 0 aromatic rings. The Morgan fingerprint density at radius 1 is 1.54 bits per heavy atom. The van der Waals surface area contributed by atoms with Gasteiger partial charge in [-0.3, -0.25) is 4.79 Å². The summed E-state index contributed by atoms with van der Waals surface area (Å²) in [4.78, 5) is 25.4. The molecule has 0 radical (unpaired) electrons. The fourth-order valence-corrected chi connectivity index (χ4v) is 2.06. The summed E-state index contributed by atoms with van der Waals surface area (Å²) in [5, 5.41) is 9.29. The molecular formula is C7H9NO5. The standard InChI is InChI=1S/C7H9NO5/c9-7-3-4-5(12-7)1-2-6(4)13-8(10)11/h4-6H,1-3H2/t4-,5-,6+/m1/s1. The minimum atomic E-state index is -0.796. The van der Waals surface area contributed by atoms with E-state index in [0.717, 1.165) is 0 Å². The van der Waals surface area contributed by atoms with Crippen molar-refractivity contribution in [1.29, 1.82) is 0 Å². The molecule has 2 rings (SSSR count). The molecule has 0 aromatic carbocycles. The molecule has 0 aromatic heterocycles. The number of esters is 1. The highest BCUT2D eigenvalue weighted by Crippen LogP contribution is 2.38. The average molecular weight is 187 g/mol. The molecule has 1 aliphatic heterocycles. The second-order valence-corrected chi connectivity index (χ2v) is 3.34. The van der Waals surface area contributed by atoms with Gasteiger partial charge in [0.05, 0.1) is 6.42 Å². The van der Waals surface area contributed by atoms with Crippen LogP contribution in [0.25, 0.3) is 0 Å². The smallest absolute Gasteiger partial charge is 0.306 e. The third-order valence-electron chi connectivity index (χ3n) is 2.60. The first kappa shape index (κ1) is 8.28. The van der Waals surface area contributed by atoms with Crippen molar-refractivity contribution in [1.82, 2.24) is 0 Å². The monoisotopic (exact) mass is 187 g/mol. The zero-order valence-corrected chi connectivity index (χ0v) is 6.84. The van der Waals surface area contributed by atoms with Gasteiger partial charge in [-0.1, -0.05) is 0 Å². The molecule has 0 bridgehead atoms. The number of nitrogens with zero attached hydrogens (tertiary/aromatic N) is 1. The quantitative estimate of drug-likeness (QED) is 0.352. The summed E-state index contributed by atoms with van der Waals surface area (Å²) in [6.07, 6.45) is 0.922. The zero-order chi connectivity index (χ0) is 9.42. The molecule has 1 saturated carbocycles. The van der Waals surface area contributed by atoms with Gasteiger partial charge in [-0.25, -0.2) is 0 Å². The van der Waals surface area contributed by atoms with Crippen molar-refractivity contribution in [2.75, 3.05) is 0 Å². The third kappa shape index (κ3) is 1.43. The van der Waals surface area contributed by atoms with Gasteiger partial charge in [0.2, 0.25) is 0 Å². The first-order chi connectivity index (χ1) is 6.16. The van der Waals surface area contributed by atoms with E-state index in [4.69, 9.17) is 4.74 Å². The van der Waals surface area contributed by atoms with Gasteiger partial charge in [-0.05, 0) is 12.8 Å². The molecule has 72 valence electrons. The lowest BCUT2D eigenvalue weighted by Gasteiger charge is -2.12. The predicted molar refractivity (Wildman–Crippen MR) is 39.1 cm³/mol. The molecule has 6 heteroatoms. The Morgan fingerprint density at radius 3 is 3.00 bits per heavy atom. The van der Waals surface area contributed by atoms with Crippen LogP contribution in [0.2, 0.25) is 0 Å². The number of hydrogen-bond donors (Lipinski definition) is 0. The molecule has 0 amide bonds. The molecule has 1 saturated heterocycles. The van der Waals surface area contributed by atoms with Gasteiger partial charge in [-0.15, -0.1) is 10.1 Å². The van der Waals surface area contributed by atoms with Gasteiger partial charge in [-0.2, -0.15) is 0 Å². The summed E-state index contributed by atoms with van der Waals surface area (Å²) >= 11 is 0. The molecule has 6 nitrogen and oxygen atoms in total. The highest BCUT2D eigenvalue weighted by molar-refractivity contribution is 5.72. The van der Waals surface area contributed by atoms with Crippen LogP contribution in [-0.4, -0.2) is 23.3 Å². The van der Waals surface area contributed by atoms with Crippen LogP contribution in [0.1, 0.15) is 19.3 Å². The van der Waals surface area contributed by atoms with Gasteiger partial charge in [0, 0.05) is 5.92 Å². The van der Waals surface area contributed by atoms with Gasteiger partial charge >= 0.3 is 5.97 Å². The summed E-state index contributed by atoms with van der Waals surface area (Å²) in [5.41, 5.74) is 0. The number of fused-ring (bicyclic) bond motifs is 1. The van der Waals surface area contributed by atoms with Crippen LogP contribution in [0.4, 0.5) is 0 Å². The number of ether oxygens (including phenoxy) is 1. The van der Waals surface area contributed by atoms with Crippen molar-refractivity contribution in [2.45, 2.75) is 31.5 Å². The molecule has 1 aliphatic carbocycles. The minimum Gasteiger partial charge on any atom is -0.462 e. The molecule has 13 heavy (non-hydrogen) atoms. The molecule has 3 atom stereocenters. The van der Waals surface area contributed by atoms with Crippen LogP contribution < -0.4 is 0 Å². The number of rotatable bonds is 2. The first-order valence-corrected chi connectivity index (χ1v) is 4.17. The van der Waals surface area contributed by atoms with E-state index < -0.39 is 11.2 Å². The van der Waals surface area contributed by atoms with Crippen molar-refractivity contribution in [3.63, 3.8) is 0 Å². The maximum absolute atomic E-state index is 10.8. The molecule has 2 fully saturated rings. The normalized spacial score (nSPS) is 36.9. The lowest BCUT2D eigenvalue weighted by Crippen LogP contribution is -2.23. The van der Waals surface area contributed by atoms with Crippen LogP contribution in [0, 0.1) is 16.0 Å². The summed E-state index contributed by atoms with van der Waals surface area (Å²) in [6, 6.07) is 0. The predicted octanol–water partition coefficient (Wildman–Crippen LogP) is 0.289. The Kier molecular flexibility index (Phi) is 1.82. The van der Waals surface area contributed by atoms with E-state index in [2.05, 4.69) is 4.84 Å². The Balaban J connectivity index is 2.00. The van der Waals surface area contributed by atoms with E-state index >= 15 is 0 Å². The third-order valence-corrected chi connectivity index (χ3v) is 2.60. The van der Waals surface area contributed by atoms with Crippen molar-refractivity contribution < 1.29 is 19.5 Å². The fraction of sp³-hybridized carbons (Fsp3) is 0.857. The van der Waals surface area contributed by atoms with Crippen LogP contribution in [0.15, 0.2) is 0 Å². The highest BCUT2D eigenvalue weighted by Gasteiger charge is 2.46. The minimum absolute atomic E-state index is 0.113. The van der Waals surface area contributed by atoms with Crippen molar-refractivity contribution in [3.05, 3.63) is 10.1 Å². The molecule has 0 unspecified atom stereocenters. The fourth-order valence-electron chi connectivity index (χ4n) is 2.06. The maximum atomic E-state index is 10.8. The first-order valence-electron chi connectivity index (χ1n) is 4.17. The van der Waals surface area contributed by atoms with Gasteiger partial charge < -0.3 is 9.57 Å². The molecule has 1 heterocycles. The number of hydrogen-bond acceptors (Lipinski definition) is 5. The lowest BCUT2D eigenvalue weighted by atomic mass is 10.0. The Morgan fingerprint density at radius 2 is 2.31 bits per heavy atom. The van der Waals surface area contributed by atoms with Crippen LogP contribution in [-0.2, 0) is 14.4 Å². The van der Waals surface area contributed by atoms with Gasteiger partial charge in [0.1, 0.15) is 12.2 Å². The summed E-state index contributed by atoms with van der Waals surface area (Å²) in [5.74, 6) is -0.385. The van der Waals surface area contributed by atoms with E-state index in [0.29, 0.717) is 12.8 Å². The van der Waals surface area contributed by atoms with E-state index in [1.807, 2.05) is 0 Å². The molecule has 0 N–H and O–H groups in total. The second kappa shape index (κ2) is 2.86. The van der Waals surface area contributed by atoms with Crippen LogP contribution in [0.5, 0.6) is 0 Å². The Labute approximate surface area is 73.9 Å². The Bertz CT molecular complexity index is 253. The van der Waals surface area contributed by atoms with Crippen molar-refractivity contribution in [3.8, 4) is 0 Å². The zero-order valence-electron chi connectivity index (χ0n) is 6.84. The summed E-state index contributed by atoms with van der Waals surface area (Å²) in [7, 11) is 0. The van der Waals surface area contributed by atoms with E-state index in [-0.39, 0.29) is 24.4 Å². The summed E-state index contributed by atoms with van der Waals surface area (Å²) in [6.45, 7) is 0. The lowest BCUT2D eigenvalue weighted by molar-refractivity contribution is -0.770. The SMILES string of the molecule is O=C1C[C@H]2[C@@H](O[N+](=O)[O-])CC[C@H]2O1. The molecule has 2 aliphatic rings. The largest absolute Gasteiger partial charge is 0.462 e. The topological polar surface area (TPSA) is 78.7 Å². The summed E-state index contributed by atoms with van der Waals surface area (Å²) < 4.78 is 4.96. The van der Waals surface area contributed by atoms with Crippen LogP contribution in [0.3, 0.4) is 0 Å². The molecular weight excluding hydrogens is 178 g/mol. The van der Waals surface area contributed by atoms with E-state index in [9.17, 15) is 14.9 Å². The van der Waals surface area contributed by atoms with E-state index in [1.54, 1.807) is 0 Å². The number of carbonyl (C=O) groups is 1. The molecule has 0 spiro atoms. The average Bonchev–Trinajstić information content (AvgIpc) is 2.51.